The lowest BCUT2D eigenvalue weighted by Gasteiger charge is -2.34. The lowest BCUT2D eigenvalue weighted by atomic mass is 10.1. The molecular weight excluding hydrogens is 372 g/mol. The van der Waals surface area contributed by atoms with Gasteiger partial charge in [0, 0.05) is 38.7 Å². The summed E-state index contributed by atoms with van der Waals surface area (Å²) in [5.41, 5.74) is 1.47. The highest BCUT2D eigenvalue weighted by atomic mass is 16.5. The standard InChI is InChI=1S/C22H26N2O5/c1-16(25)23-9-11-24(12-10-23)22(26)18-13-19(27-2)21(20(14-18)28-3)29-15-17-7-5-4-6-8-17/h4-8,13-14H,9-12,15H2,1-3H3. The average molecular weight is 398 g/mol. The normalized spacial score (nSPS) is 13.8. The van der Waals surface area contributed by atoms with Gasteiger partial charge in [-0.15, -0.1) is 0 Å². The molecule has 0 radical (unpaired) electrons. The van der Waals surface area contributed by atoms with Gasteiger partial charge in [-0.25, -0.2) is 0 Å². The topological polar surface area (TPSA) is 68.3 Å². The number of carbonyl (C=O) groups excluding carboxylic acids is 2. The lowest BCUT2D eigenvalue weighted by molar-refractivity contribution is -0.130. The van der Waals surface area contributed by atoms with Crippen LogP contribution in [0.25, 0.3) is 0 Å². The Kier molecular flexibility index (Phi) is 6.59. The van der Waals surface area contributed by atoms with Crippen LogP contribution in [-0.2, 0) is 11.4 Å². The van der Waals surface area contributed by atoms with Crippen molar-refractivity contribution in [1.82, 2.24) is 9.80 Å². The van der Waals surface area contributed by atoms with Crippen LogP contribution in [0.2, 0.25) is 0 Å². The van der Waals surface area contributed by atoms with Crippen LogP contribution >= 0.6 is 0 Å². The van der Waals surface area contributed by atoms with E-state index >= 15 is 0 Å². The van der Waals surface area contributed by atoms with E-state index in [1.165, 1.54) is 14.2 Å². The van der Waals surface area contributed by atoms with Crippen molar-refractivity contribution in [3.8, 4) is 17.2 Å². The number of ether oxygens (including phenoxy) is 3. The number of carbonyl (C=O) groups is 2. The molecule has 0 bridgehead atoms. The fourth-order valence-corrected chi connectivity index (χ4v) is 3.28. The summed E-state index contributed by atoms with van der Waals surface area (Å²) in [6, 6.07) is 13.1. The zero-order valence-electron chi connectivity index (χ0n) is 17.0. The van der Waals surface area contributed by atoms with Gasteiger partial charge in [0.2, 0.25) is 11.7 Å². The van der Waals surface area contributed by atoms with E-state index in [0.29, 0.717) is 55.6 Å². The van der Waals surface area contributed by atoms with Crippen LogP contribution in [0.5, 0.6) is 17.2 Å². The van der Waals surface area contributed by atoms with Crippen molar-refractivity contribution >= 4 is 11.8 Å². The maximum Gasteiger partial charge on any atom is 0.254 e. The van der Waals surface area contributed by atoms with E-state index in [0.717, 1.165) is 5.56 Å². The Morgan fingerprint density at radius 1 is 0.897 bits per heavy atom. The molecule has 2 amide bonds. The molecule has 3 rings (SSSR count). The monoisotopic (exact) mass is 398 g/mol. The second kappa shape index (κ2) is 9.32. The highest BCUT2D eigenvalue weighted by Crippen LogP contribution is 2.39. The van der Waals surface area contributed by atoms with E-state index < -0.39 is 0 Å². The van der Waals surface area contributed by atoms with Crippen molar-refractivity contribution in [1.29, 1.82) is 0 Å². The SMILES string of the molecule is COc1cc(C(=O)N2CCN(C(C)=O)CC2)cc(OC)c1OCc1ccccc1. The van der Waals surface area contributed by atoms with E-state index in [4.69, 9.17) is 14.2 Å². The van der Waals surface area contributed by atoms with Crippen molar-refractivity contribution in [3.05, 3.63) is 53.6 Å². The van der Waals surface area contributed by atoms with E-state index in [9.17, 15) is 9.59 Å². The molecule has 29 heavy (non-hydrogen) atoms. The Morgan fingerprint density at radius 3 is 1.97 bits per heavy atom. The molecule has 0 N–H and O–H groups in total. The van der Waals surface area contributed by atoms with Crippen LogP contribution in [0.1, 0.15) is 22.8 Å². The average Bonchev–Trinajstić information content (AvgIpc) is 2.77. The van der Waals surface area contributed by atoms with Gasteiger partial charge in [0.15, 0.2) is 11.5 Å². The number of amides is 2. The fraction of sp³-hybridized carbons (Fsp3) is 0.364. The smallest absolute Gasteiger partial charge is 0.254 e. The van der Waals surface area contributed by atoms with E-state index in [1.807, 2.05) is 30.3 Å². The van der Waals surface area contributed by atoms with Gasteiger partial charge < -0.3 is 24.0 Å². The summed E-state index contributed by atoms with van der Waals surface area (Å²) in [5.74, 6) is 1.23. The molecule has 1 aliphatic rings. The fourth-order valence-electron chi connectivity index (χ4n) is 3.28. The Balaban J connectivity index is 1.78. The number of rotatable bonds is 6. The molecule has 1 aliphatic heterocycles. The maximum atomic E-state index is 13.0. The van der Waals surface area contributed by atoms with Crippen molar-refractivity contribution in [3.63, 3.8) is 0 Å². The molecule has 1 fully saturated rings. The second-order valence-electron chi connectivity index (χ2n) is 6.78. The van der Waals surface area contributed by atoms with E-state index in [1.54, 1.807) is 28.9 Å². The minimum Gasteiger partial charge on any atom is -0.493 e. The van der Waals surface area contributed by atoms with Crippen LogP contribution in [-0.4, -0.2) is 62.0 Å². The number of benzene rings is 2. The predicted octanol–water partition coefficient (Wildman–Crippen LogP) is 2.59. The molecule has 2 aromatic carbocycles. The summed E-state index contributed by atoms with van der Waals surface area (Å²) in [4.78, 5) is 27.9. The van der Waals surface area contributed by atoms with Gasteiger partial charge >= 0.3 is 0 Å². The molecule has 1 heterocycles. The molecular formula is C22H26N2O5. The van der Waals surface area contributed by atoms with Crippen molar-refractivity contribution in [2.45, 2.75) is 13.5 Å². The molecule has 7 heteroatoms. The van der Waals surface area contributed by atoms with Crippen LogP contribution in [0.4, 0.5) is 0 Å². The summed E-state index contributed by atoms with van der Waals surface area (Å²) in [7, 11) is 3.06. The minimum atomic E-state index is -0.126. The third-order valence-electron chi connectivity index (χ3n) is 4.95. The second-order valence-corrected chi connectivity index (χ2v) is 6.78. The summed E-state index contributed by atoms with van der Waals surface area (Å²) < 4.78 is 16.9. The lowest BCUT2D eigenvalue weighted by Crippen LogP contribution is -2.50. The molecule has 0 unspecified atom stereocenters. The van der Waals surface area contributed by atoms with Gasteiger partial charge in [0.1, 0.15) is 6.61 Å². The zero-order valence-corrected chi connectivity index (χ0v) is 17.0. The molecule has 0 spiro atoms. The summed E-state index contributed by atoms with van der Waals surface area (Å²) >= 11 is 0. The van der Waals surface area contributed by atoms with Gasteiger partial charge in [0.25, 0.3) is 5.91 Å². The van der Waals surface area contributed by atoms with E-state index in [2.05, 4.69) is 0 Å². The van der Waals surface area contributed by atoms with Crippen molar-refractivity contribution in [2.24, 2.45) is 0 Å². The summed E-state index contributed by atoms with van der Waals surface area (Å²) in [6.45, 7) is 3.96. The predicted molar refractivity (Wildman–Crippen MR) is 108 cm³/mol. The molecule has 0 atom stereocenters. The van der Waals surface area contributed by atoms with Crippen molar-refractivity contribution < 1.29 is 23.8 Å². The number of nitrogens with zero attached hydrogens (tertiary/aromatic N) is 2. The molecule has 1 saturated heterocycles. The number of hydrogen-bond donors (Lipinski definition) is 0. The molecule has 2 aromatic rings. The first-order chi connectivity index (χ1) is 14.0. The van der Waals surface area contributed by atoms with Gasteiger partial charge in [-0.1, -0.05) is 30.3 Å². The Hall–Kier alpha value is -3.22. The third kappa shape index (κ3) is 4.80. The van der Waals surface area contributed by atoms with Crippen LogP contribution in [0.3, 0.4) is 0 Å². The van der Waals surface area contributed by atoms with Crippen molar-refractivity contribution in [2.75, 3.05) is 40.4 Å². The number of methoxy groups -OCH3 is 2. The number of hydrogen-bond acceptors (Lipinski definition) is 5. The minimum absolute atomic E-state index is 0.0281. The maximum absolute atomic E-state index is 13.0. The first kappa shape index (κ1) is 20.5. The van der Waals surface area contributed by atoms with Crippen LogP contribution in [0.15, 0.2) is 42.5 Å². The van der Waals surface area contributed by atoms with E-state index in [-0.39, 0.29) is 11.8 Å². The highest BCUT2D eigenvalue weighted by molar-refractivity contribution is 5.96. The Labute approximate surface area is 170 Å². The number of piperazine rings is 1. The molecule has 0 aromatic heterocycles. The van der Waals surface area contributed by atoms with Gasteiger partial charge in [-0.2, -0.15) is 0 Å². The zero-order chi connectivity index (χ0) is 20.8. The van der Waals surface area contributed by atoms with Gasteiger partial charge in [-0.05, 0) is 17.7 Å². The molecule has 7 nitrogen and oxygen atoms in total. The largest absolute Gasteiger partial charge is 0.493 e. The Bertz CT molecular complexity index is 836. The van der Waals surface area contributed by atoms with Crippen LogP contribution in [0, 0.1) is 0 Å². The molecule has 0 saturated carbocycles. The first-order valence-corrected chi connectivity index (χ1v) is 9.51. The quantitative estimate of drug-likeness (QED) is 0.748. The van der Waals surface area contributed by atoms with Crippen LogP contribution < -0.4 is 14.2 Å². The highest BCUT2D eigenvalue weighted by Gasteiger charge is 2.25. The summed E-state index contributed by atoms with van der Waals surface area (Å²) in [6.07, 6.45) is 0. The summed E-state index contributed by atoms with van der Waals surface area (Å²) in [5, 5.41) is 0. The molecule has 0 aliphatic carbocycles. The molecule has 154 valence electrons. The van der Waals surface area contributed by atoms with Gasteiger partial charge in [0.05, 0.1) is 14.2 Å². The third-order valence-corrected chi connectivity index (χ3v) is 4.95. The Morgan fingerprint density at radius 2 is 1.45 bits per heavy atom. The van der Waals surface area contributed by atoms with Gasteiger partial charge in [-0.3, -0.25) is 9.59 Å². The first-order valence-electron chi connectivity index (χ1n) is 9.51.